The van der Waals surface area contributed by atoms with Crippen LogP contribution in [0.1, 0.15) is 30.0 Å². The first-order valence-corrected chi connectivity index (χ1v) is 11.1. The smallest absolute Gasteiger partial charge is 0.328 e. The minimum absolute atomic E-state index is 0.0269. The van der Waals surface area contributed by atoms with Gasteiger partial charge in [0.15, 0.2) is 0 Å². The predicted molar refractivity (Wildman–Crippen MR) is 112 cm³/mol. The number of nitrogens with zero attached hydrogens (tertiary/aromatic N) is 2. The summed E-state index contributed by atoms with van der Waals surface area (Å²) in [6, 6.07) is 2.42. The Morgan fingerprint density at radius 2 is 1.90 bits per heavy atom. The van der Waals surface area contributed by atoms with Crippen LogP contribution in [-0.2, 0) is 20.4 Å². The first-order valence-electron chi connectivity index (χ1n) is 9.15. The summed E-state index contributed by atoms with van der Waals surface area (Å²) in [6.45, 7) is 4.56. The Hall–Kier alpha value is -2.43. The number of hydrogen-bond acceptors (Lipinski definition) is 6. The summed E-state index contributed by atoms with van der Waals surface area (Å²) < 4.78 is 16.9. The van der Waals surface area contributed by atoms with Gasteiger partial charge in [0.05, 0.1) is 25.6 Å². The second-order valence-electron chi connectivity index (χ2n) is 7.79. The Balaban J connectivity index is 1.66. The summed E-state index contributed by atoms with van der Waals surface area (Å²) in [5.41, 5.74) is 0.426. The van der Waals surface area contributed by atoms with Crippen molar-refractivity contribution in [3.63, 3.8) is 0 Å². The molecule has 164 valence electrons. The minimum Gasteiger partial charge on any atom is -0.480 e. The number of nitrogens with one attached hydrogen (secondary N) is 1. The highest BCUT2D eigenvalue weighted by Crippen LogP contribution is 2.44. The topological polar surface area (TPSA) is 130 Å². The Morgan fingerprint density at radius 3 is 2.48 bits per heavy atom. The lowest BCUT2D eigenvalue weighted by Crippen LogP contribution is -2.71. The Morgan fingerprint density at radius 1 is 1.29 bits per heavy atom. The average Bonchev–Trinajstić information content (AvgIpc) is 3.14. The van der Waals surface area contributed by atoms with E-state index >= 15 is 0 Å². The van der Waals surface area contributed by atoms with Crippen LogP contribution in [0.15, 0.2) is 22.7 Å². The zero-order valence-electron chi connectivity index (χ0n) is 16.5. The number of halogens is 2. The molecule has 0 bridgehead atoms. The molecule has 12 heteroatoms. The molecule has 0 unspecified atom stereocenters. The number of carbonyl (C=O) groups is 3. The largest absolute Gasteiger partial charge is 0.480 e. The molecule has 2 aromatic rings. The van der Waals surface area contributed by atoms with Crippen LogP contribution in [0.25, 0.3) is 11.3 Å². The van der Waals surface area contributed by atoms with Gasteiger partial charge in [-0.15, -0.1) is 0 Å². The number of carboxylic acids is 1. The standard InChI is InChI=1S/C19H17Cl2N3O6S/c1-7-10(12(23-30-7)11-8(20)5-4-6-9(11)21)15(25)22-13-16(26)24-14(18(27)28)19(2,3)31(29)17(13)24/h4-6,13-14,17H,1-3H3,(H,22,25)(H,27,28)/t13-,14+,17-,31-/m1/s1. The lowest BCUT2D eigenvalue weighted by Gasteiger charge is -2.43. The van der Waals surface area contributed by atoms with E-state index in [4.69, 9.17) is 27.7 Å². The number of rotatable bonds is 4. The van der Waals surface area contributed by atoms with Gasteiger partial charge in [0.2, 0.25) is 5.91 Å². The molecule has 0 spiro atoms. The lowest BCUT2D eigenvalue weighted by atomic mass is 9.95. The van der Waals surface area contributed by atoms with E-state index in [-0.39, 0.29) is 27.1 Å². The van der Waals surface area contributed by atoms with Crippen LogP contribution in [0.2, 0.25) is 10.0 Å². The molecule has 1 aromatic carbocycles. The number of hydrogen-bond donors (Lipinski definition) is 2. The van der Waals surface area contributed by atoms with E-state index in [1.807, 2.05) is 0 Å². The maximum atomic E-state index is 13.1. The highest BCUT2D eigenvalue weighted by molar-refractivity contribution is 7.87. The fraction of sp³-hybridized carbons (Fsp3) is 0.368. The van der Waals surface area contributed by atoms with Crippen LogP contribution in [0.5, 0.6) is 0 Å². The number of amides is 2. The zero-order valence-corrected chi connectivity index (χ0v) is 18.8. The molecule has 2 saturated heterocycles. The molecule has 4 rings (SSSR count). The maximum absolute atomic E-state index is 13.1. The Labute approximate surface area is 189 Å². The van der Waals surface area contributed by atoms with Gasteiger partial charge in [0.25, 0.3) is 5.91 Å². The second kappa shape index (κ2) is 7.32. The van der Waals surface area contributed by atoms with Crippen LogP contribution in [0.4, 0.5) is 0 Å². The quantitative estimate of drug-likeness (QED) is 0.634. The molecule has 2 aliphatic rings. The van der Waals surface area contributed by atoms with E-state index in [1.54, 1.807) is 18.2 Å². The van der Waals surface area contributed by atoms with Crippen molar-refractivity contribution in [3.05, 3.63) is 39.6 Å². The van der Waals surface area contributed by atoms with E-state index in [0.717, 1.165) is 4.90 Å². The molecular weight excluding hydrogens is 469 g/mol. The molecule has 2 N–H and O–H groups in total. The number of aromatic nitrogens is 1. The van der Waals surface area contributed by atoms with Crippen molar-refractivity contribution in [2.24, 2.45) is 0 Å². The Bertz CT molecular complexity index is 1140. The van der Waals surface area contributed by atoms with E-state index in [1.165, 1.54) is 20.8 Å². The van der Waals surface area contributed by atoms with Gasteiger partial charge in [-0.2, -0.15) is 0 Å². The molecular formula is C19H17Cl2N3O6S. The molecule has 1 aromatic heterocycles. The van der Waals surface area contributed by atoms with Crippen molar-refractivity contribution in [2.45, 2.75) is 43.0 Å². The third-order valence-corrected chi connectivity index (χ3v) is 8.39. The number of aryl methyl sites for hydroxylation is 1. The molecule has 9 nitrogen and oxygen atoms in total. The summed E-state index contributed by atoms with van der Waals surface area (Å²) in [5.74, 6) is -2.39. The Kier molecular flexibility index (Phi) is 5.14. The van der Waals surface area contributed by atoms with E-state index in [9.17, 15) is 23.7 Å². The van der Waals surface area contributed by atoms with Crippen molar-refractivity contribution in [2.75, 3.05) is 0 Å². The maximum Gasteiger partial charge on any atom is 0.328 e. The van der Waals surface area contributed by atoms with Gasteiger partial charge >= 0.3 is 5.97 Å². The van der Waals surface area contributed by atoms with Gasteiger partial charge in [-0.3, -0.25) is 13.8 Å². The molecule has 3 heterocycles. The van der Waals surface area contributed by atoms with Gasteiger partial charge in [-0.05, 0) is 32.9 Å². The summed E-state index contributed by atoms with van der Waals surface area (Å²) >= 11 is 12.5. The number of β-lactam (4-membered cyclic amide) rings is 1. The highest BCUT2D eigenvalue weighted by atomic mass is 35.5. The van der Waals surface area contributed by atoms with Gasteiger partial charge in [0, 0.05) is 5.56 Å². The molecule has 2 fully saturated rings. The normalized spacial score (nSPS) is 26.4. The fourth-order valence-electron chi connectivity index (χ4n) is 4.04. The molecule has 0 saturated carbocycles. The van der Waals surface area contributed by atoms with Crippen LogP contribution in [0, 0.1) is 6.92 Å². The number of aliphatic carboxylic acids is 1. The van der Waals surface area contributed by atoms with E-state index < -0.39 is 50.8 Å². The van der Waals surface area contributed by atoms with Crippen molar-refractivity contribution in [1.29, 1.82) is 0 Å². The van der Waals surface area contributed by atoms with Crippen molar-refractivity contribution >= 4 is 51.8 Å². The first kappa shape index (κ1) is 21.8. The van der Waals surface area contributed by atoms with Gasteiger partial charge in [-0.25, -0.2) is 4.79 Å². The summed E-state index contributed by atoms with van der Waals surface area (Å²) in [5, 5.41) is 15.5. The van der Waals surface area contributed by atoms with Gasteiger partial charge in [0.1, 0.15) is 34.5 Å². The average molecular weight is 486 g/mol. The molecule has 0 radical (unpaired) electrons. The predicted octanol–water partition coefficient (Wildman–Crippen LogP) is 2.22. The SMILES string of the molecule is Cc1onc(-c2c(Cl)cccc2Cl)c1C(=O)N[C@@H]1C(=O)N2[C@@H]1[S@@](=O)C(C)(C)[C@@H]2C(=O)O. The van der Waals surface area contributed by atoms with Gasteiger partial charge in [-0.1, -0.05) is 34.4 Å². The highest BCUT2D eigenvalue weighted by Gasteiger charge is 2.68. The van der Waals surface area contributed by atoms with Crippen molar-refractivity contribution in [3.8, 4) is 11.3 Å². The summed E-state index contributed by atoms with van der Waals surface area (Å²) in [4.78, 5) is 38.5. The number of carbonyl (C=O) groups excluding carboxylic acids is 2. The van der Waals surface area contributed by atoms with Crippen LogP contribution in [-0.4, -0.2) is 59.4 Å². The minimum atomic E-state index is -1.71. The molecule has 0 aliphatic carbocycles. The number of carboxylic acid groups (broad SMARTS) is 1. The lowest BCUT2D eigenvalue weighted by molar-refractivity contribution is -0.159. The number of fused-ring (bicyclic) bond motifs is 1. The van der Waals surface area contributed by atoms with Crippen LogP contribution >= 0.6 is 23.2 Å². The van der Waals surface area contributed by atoms with Crippen LogP contribution in [0.3, 0.4) is 0 Å². The van der Waals surface area contributed by atoms with Crippen molar-refractivity contribution < 1.29 is 28.2 Å². The first-order chi connectivity index (χ1) is 14.5. The van der Waals surface area contributed by atoms with Crippen molar-refractivity contribution in [1.82, 2.24) is 15.4 Å². The number of benzene rings is 1. The van der Waals surface area contributed by atoms with E-state index in [0.29, 0.717) is 5.56 Å². The molecule has 31 heavy (non-hydrogen) atoms. The molecule has 2 amide bonds. The third-order valence-electron chi connectivity index (χ3n) is 5.56. The third kappa shape index (κ3) is 3.07. The monoisotopic (exact) mass is 485 g/mol. The second-order valence-corrected chi connectivity index (χ2v) is 10.7. The molecule has 2 aliphatic heterocycles. The fourth-order valence-corrected chi connectivity index (χ4v) is 6.54. The summed E-state index contributed by atoms with van der Waals surface area (Å²) in [7, 11) is -1.71. The zero-order chi connectivity index (χ0) is 22.8. The molecule has 4 atom stereocenters. The van der Waals surface area contributed by atoms with E-state index in [2.05, 4.69) is 10.5 Å². The van der Waals surface area contributed by atoms with Crippen LogP contribution < -0.4 is 5.32 Å². The van der Waals surface area contributed by atoms with Gasteiger partial charge < -0.3 is 19.8 Å². The summed E-state index contributed by atoms with van der Waals surface area (Å²) in [6.07, 6.45) is 0.